The van der Waals surface area contributed by atoms with E-state index in [9.17, 15) is 8.42 Å². The van der Waals surface area contributed by atoms with E-state index in [0.717, 1.165) is 28.5 Å². The SMILES string of the molecule is CC/C(=C/S(C)(=O)=O)Cc1c[nH]c2ccccc12. The zero-order valence-electron chi connectivity index (χ0n) is 10.6. The first-order valence-corrected chi connectivity index (χ1v) is 7.89. The Morgan fingerprint density at radius 1 is 1.33 bits per heavy atom. The van der Waals surface area contributed by atoms with Crippen molar-refractivity contribution in [1.82, 2.24) is 4.98 Å². The Hall–Kier alpha value is -1.55. The number of aromatic nitrogens is 1. The molecule has 0 saturated carbocycles. The van der Waals surface area contributed by atoms with Crippen molar-refractivity contribution in [1.29, 1.82) is 0 Å². The van der Waals surface area contributed by atoms with Crippen LogP contribution in [0.1, 0.15) is 18.9 Å². The van der Waals surface area contributed by atoms with Gasteiger partial charge in [-0.15, -0.1) is 0 Å². The Balaban J connectivity index is 2.36. The monoisotopic (exact) mass is 263 g/mol. The Labute approximate surface area is 107 Å². The Morgan fingerprint density at radius 2 is 2.06 bits per heavy atom. The van der Waals surface area contributed by atoms with Gasteiger partial charge in [0.05, 0.1) is 0 Å². The summed E-state index contributed by atoms with van der Waals surface area (Å²) >= 11 is 0. The largest absolute Gasteiger partial charge is 0.361 e. The second kappa shape index (κ2) is 4.98. The lowest BCUT2D eigenvalue weighted by atomic mass is 10.0. The minimum atomic E-state index is -3.06. The molecular weight excluding hydrogens is 246 g/mol. The van der Waals surface area contributed by atoms with Crippen LogP contribution in [0.2, 0.25) is 0 Å². The van der Waals surface area contributed by atoms with Gasteiger partial charge in [0.15, 0.2) is 9.84 Å². The number of sulfone groups is 1. The first kappa shape index (κ1) is 12.9. The maximum atomic E-state index is 11.3. The van der Waals surface area contributed by atoms with Crippen LogP contribution in [0.3, 0.4) is 0 Å². The van der Waals surface area contributed by atoms with E-state index in [0.29, 0.717) is 6.42 Å². The molecule has 0 aliphatic rings. The summed E-state index contributed by atoms with van der Waals surface area (Å²) in [7, 11) is -3.06. The number of allylic oxidation sites excluding steroid dienone is 1. The van der Waals surface area contributed by atoms with E-state index in [4.69, 9.17) is 0 Å². The first-order valence-electron chi connectivity index (χ1n) is 5.94. The number of hydrogen-bond donors (Lipinski definition) is 1. The van der Waals surface area contributed by atoms with Gasteiger partial charge in [-0.1, -0.05) is 30.7 Å². The molecule has 1 aromatic heterocycles. The van der Waals surface area contributed by atoms with E-state index in [1.54, 1.807) is 0 Å². The summed E-state index contributed by atoms with van der Waals surface area (Å²) in [5, 5.41) is 2.54. The molecular formula is C14H17NO2S. The topological polar surface area (TPSA) is 49.9 Å². The van der Waals surface area contributed by atoms with Crippen LogP contribution in [-0.4, -0.2) is 19.7 Å². The number of benzene rings is 1. The lowest BCUT2D eigenvalue weighted by Crippen LogP contribution is -1.95. The normalized spacial score (nSPS) is 13.1. The number of hydrogen-bond acceptors (Lipinski definition) is 2. The molecule has 0 aliphatic carbocycles. The van der Waals surface area contributed by atoms with Gasteiger partial charge in [-0.2, -0.15) is 0 Å². The lowest BCUT2D eigenvalue weighted by Gasteiger charge is -2.03. The molecule has 0 aliphatic heterocycles. The van der Waals surface area contributed by atoms with Crippen molar-refractivity contribution in [2.75, 3.05) is 6.26 Å². The first-order chi connectivity index (χ1) is 8.49. The molecule has 4 heteroatoms. The van der Waals surface area contributed by atoms with Crippen LogP contribution in [0.25, 0.3) is 10.9 Å². The third-order valence-electron chi connectivity index (χ3n) is 2.93. The molecule has 0 bridgehead atoms. The third kappa shape index (κ3) is 3.01. The van der Waals surface area contributed by atoms with Crippen molar-refractivity contribution < 1.29 is 8.42 Å². The molecule has 0 atom stereocenters. The molecule has 1 N–H and O–H groups in total. The number of rotatable bonds is 4. The van der Waals surface area contributed by atoms with Crippen LogP contribution >= 0.6 is 0 Å². The highest BCUT2D eigenvalue weighted by molar-refractivity contribution is 7.93. The number of aromatic amines is 1. The van der Waals surface area contributed by atoms with E-state index < -0.39 is 9.84 Å². The summed E-state index contributed by atoms with van der Waals surface area (Å²) in [5.74, 6) is 0. The van der Waals surface area contributed by atoms with Crippen LogP contribution in [0.4, 0.5) is 0 Å². The quantitative estimate of drug-likeness (QED) is 0.921. The molecule has 1 heterocycles. The zero-order chi connectivity index (χ0) is 13.2. The van der Waals surface area contributed by atoms with Gasteiger partial charge in [-0.3, -0.25) is 0 Å². The van der Waals surface area contributed by atoms with Crippen LogP contribution in [0.5, 0.6) is 0 Å². The predicted molar refractivity (Wildman–Crippen MR) is 75.2 cm³/mol. The number of H-pyrrole nitrogens is 1. The fraction of sp³-hybridized carbons (Fsp3) is 0.286. The van der Waals surface area contributed by atoms with Gasteiger partial charge < -0.3 is 4.98 Å². The molecule has 2 rings (SSSR count). The van der Waals surface area contributed by atoms with Crippen molar-refractivity contribution >= 4 is 20.7 Å². The molecule has 1 aromatic carbocycles. The summed E-state index contributed by atoms with van der Waals surface area (Å²) in [4.78, 5) is 3.20. The maximum Gasteiger partial charge on any atom is 0.168 e. The fourth-order valence-corrected chi connectivity index (χ4v) is 2.93. The minimum absolute atomic E-state index is 0.674. The van der Waals surface area contributed by atoms with E-state index in [1.807, 2.05) is 31.3 Å². The van der Waals surface area contributed by atoms with Gasteiger partial charge in [-0.05, 0) is 24.5 Å². The molecule has 2 aromatic rings. The smallest absolute Gasteiger partial charge is 0.168 e. The van der Waals surface area contributed by atoms with Crippen molar-refractivity contribution in [2.45, 2.75) is 19.8 Å². The van der Waals surface area contributed by atoms with E-state index in [-0.39, 0.29) is 0 Å². The van der Waals surface area contributed by atoms with Gasteiger partial charge in [0.2, 0.25) is 0 Å². The molecule has 0 fully saturated rings. The van der Waals surface area contributed by atoms with Gasteiger partial charge in [0, 0.05) is 28.8 Å². The predicted octanol–water partition coefficient (Wildman–Crippen LogP) is 3.05. The van der Waals surface area contributed by atoms with Crippen LogP contribution in [0.15, 0.2) is 41.4 Å². The minimum Gasteiger partial charge on any atom is -0.361 e. The summed E-state index contributed by atoms with van der Waals surface area (Å²) in [6.45, 7) is 1.98. The second-order valence-electron chi connectivity index (χ2n) is 4.50. The average molecular weight is 263 g/mol. The molecule has 96 valence electrons. The second-order valence-corrected chi connectivity index (χ2v) is 6.39. The number of para-hydroxylation sites is 1. The highest BCUT2D eigenvalue weighted by Crippen LogP contribution is 2.21. The fourth-order valence-electron chi connectivity index (χ4n) is 2.08. The van der Waals surface area contributed by atoms with Crippen LogP contribution < -0.4 is 0 Å². The molecule has 0 unspecified atom stereocenters. The van der Waals surface area contributed by atoms with Crippen molar-refractivity contribution in [3.05, 3.63) is 47.0 Å². The molecule has 3 nitrogen and oxygen atoms in total. The average Bonchev–Trinajstić information content (AvgIpc) is 2.70. The Kier molecular flexibility index (Phi) is 3.57. The lowest BCUT2D eigenvalue weighted by molar-refractivity contribution is 0.609. The number of fused-ring (bicyclic) bond motifs is 1. The Morgan fingerprint density at radius 3 is 2.72 bits per heavy atom. The maximum absolute atomic E-state index is 11.3. The van der Waals surface area contributed by atoms with Crippen molar-refractivity contribution in [2.24, 2.45) is 0 Å². The molecule has 0 saturated heterocycles. The van der Waals surface area contributed by atoms with Crippen LogP contribution in [-0.2, 0) is 16.3 Å². The van der Waals surface area contributed by atoms with Crippen molar-refractivity contribution in [3.63, 3.8) is 0 Å². The van der Waals surface area contributed by atoms with E-state index >= 15 is 0 Å². The standard InChI is InChI=1S/C14H17NO2S/c1-3-11(10-18(2,16)17)8-12-9-15-14-7-5-4-6-13(12)14/h4-7,9-10,15H,3,8H2,1-2H3/b11-10-. The van der Waals surface area contributed by atoms with Gasteiger partial charge in [-0.25, -0.2) is 8.42 Å². The molecule has 0 spiro atoms. The van der Waals surface area contributed by atoms with E-state index in [2.05, 4.69) is 11.1 Å². The van der Waals surface area contributed by atoms with Crippen molar-refractivity contribution in [3.8, 4) is 0 Å². The summed E-state index contributed by atoms with van der Waals surface area (Å²) < 4.78 is 22.6. The molecule has 0 amide bonds. The molecule has 18 heavy (non-hydrogen) atoms. The highest BCUT2D eigenvalue weighted by Gasteiger charge is 2.07. The van der Waals surface area contributed by atoms with Gasteiger partial charge in [0.1, 0.15) is 0 Å². The van der Waals surface area contributed by atoms with Gasteiger partial charge >= 0.3 is 0 Å². The molecule has 0 radical (unpaired) electrons. The Bertz CT molecular complexity index is 681. The summed E-state index contributed by atoms with van der Waals surface area (Å²) in [6.07, 6.45) is 4.61. The number of nitrogens with one attached hydrogen (secondary N) is 1. The highest BCUT2D eigenvalue weighted by atomic mass is 32.2. The van der Waals surface area contributed by atoms with Crippen LogP contribution in [0, 0.1) is 0 Å². The third-order valence-corrected chi connectivity index (χ3v) is 3.69. The summed E-state index contributed by atoms with van der Waals surface area (Å²) in [5.41, 5.74) is 3.16. The zero-order valence-corrected chi connectivity index (χ0v) is 11.4. The summed E-state index contributed by atoms with van der Waals surface area (Å²) in [6, 6.07) is 8.04. The van der Waals surface area contributed by atoms with Gasteiger partial charge in [0.25, 0.3) is 0 Å². The van der Waals surface area contributed by atoms with E-state index in [1.165, 1.54) is 11.7 Å².